The summed E-state index contributed by atoms with van der Waals surface area (Å²) in [6, 6.07) is 0. The number of hydrogen-bond donors (Lipinski definition) is 2. The van der Waals surface area contributed by atoms with Crippen molar-refractivity contribution in [3.05, 3.63) is 36.4 Å². The van der Waals surface area contributed by atoms with Crippen molar-refractivity contribution in [1.82, 2.24) is 19.9 Å². The zero-order chi connectivity index (χ0) is 31.4. The number of nitrogens with zero attached hydrogens (tertiary/aromatic N) is 2. The average molecular weight is 613 g/mol. The van der Waals surface area contributed by atoms with E-state index in [1.807, 2.05) is 24.8 Å². The van der Waals surface area contributed by atoms with E-state index >= 15 is 0 Å². The molecule has 0 aliphatic rings. The maximum atomic E-state index is 4.26. The number of aromatic amines is 2. The molecule has 0 spiro atoms. The fraction of sp³-hybridized carbons (Fsp3) is 0.850. The number of unbranched alkanes of at least 4 members (excludes halogenated alkanes) is 28. The SMILES string of the molecule is CCCCCCCCCCCCCCCCCc1ncc[nH]1.CCCCCCCCCCCCCCCCCc1ncc[nH]1. The molecule has 0 unspecified atom stereocenters. The van der Waals surface area contributed by atoms with E-state index in [1.54, 1.807) is 0 Å². The second-order valence-electron chi connectivity index (χ2n) is 13.5. The van der Waals surface area contributed by atoms with Crippen LogP contribution in [0.1, 0.15) is 218 Å². The van der Waals surface area contributed by atoms with Crippen LogP contribution in [-0.2, 0) is 12.8 Å². The molecule has 44 heavy (non-hydrogen) atoms. The largest absolute Gasteiger partial charge is 0.349 e. The summed E-state index contributed by atoms with van der Waals surface area (Å²) in [5.41, 5.74) is 0. The number of imidazole rings is 2. The highest BCUT2D eigenvalue weighted by Crippen LogP contribution is 2.15. The Balaban J connectivity index is 0.000000440. The van der Waals surface area contributed by atoms with E-state index in [0.29, 0.717) is 0 Å². The van der Waals surface area contributed by atoms with Crippen molar-refractivity contribution in [2.75, 3.05) is 0 Å². The molecule has 0 atom stereocenters. The molecule has 0 saturated carbocycles. The quantitative estimate of drug-likeness (QED) is 0.0807. The third kappa shape index (κ3) is 29.1. The summed E-state index contributed by atoms with van der Waals surface area (Å²) in [6.45, 7) is 4.58. The Morgan fingerprint density at radius 3 is 0.773 bits per heavy atom. The van der Waals surface area contributed by atoms with E-state index in [4.69, 9.17) is 0 Å². The van der Waals surface area contributed by atoms with Gasteiger partial charge in [0.05, 0.1) is 0 Å². The molecule has 0 amide bonds. The van der Waals surface area contributed by atoms with Crippen LogP contribution in [0.25, 0.3) is 0 Å². The molecule has 0 aromatic carbocycles. The number of aryl methyl sites for hydroxylation is 2. The first-order valence-corrected chi connectivity index (χ1v) is 19.8. The predicted octanol–water partition coefficient (Wildman–Crippen LogP) is 13.6. The van der Waals surface area contributed by atoms with E-state index < -0.39 is 0 Å². The third-order valence-electron chi connectivity index (χ3n) is 9.14. The summed E-state index contributed by atoms with van der Waals surface area (Å²) >= 11 is 0. The van der Waals surface area contributed by atoms with Gasteiger partial charge in [0.1, 0.15) is 11.6 Å². The van der Waals surface area contributed by atoms with Gasteiger partial charge in [0.15, 0.2) is 0 Å². The molecule has 0 aliphatic heterocycles. The Labute approximate surface area is 275 Å². The molecule has 0 radical (unpaired) electrons. The molecule has 2 rings (SSSR count). The van der Waals surface area contributed by atoms with E-state index in [9.17, 15) is 0 Å². The second kappa shape index (κ2) is 34.3. The van der Waals surface area contributed by atoms with Crippen LogP contribution in [0.2, 0.25) is 0 Å². The minimum atomic E-state index is 1.12. The minimum absolute atomic E-state index is 1.12. The molecular formula is C40H76N4. The van der Waals surface area contributed by atoms with Gasteiger partial charge in [-0.05, 0) is 12.8 Å². The Kier molecular flexibility index (Phi) is 31.5. The molecule has 0 saturated heterocycles. The van der Waals surface area contributed by atoms with Gasteiger partial charge in [-0.2, -0.15) is 0 Å². The van der Waals surface area contributed by atoms with Crippen LogP contribution in [-0.4, -0.2) is 19.9 Å². The van der Waals surface area contributed by atoms with Crippen molar-refractivity contribution in [2.24, 2.45) is 0 Å². The van der Waals surface area contributed by atoms with Gasteiger partial charge in [-0.1, -0.05) is 194 Å². The molecule has 4 nitrogen and oxygen atoms in total. The zero-order valence-electron chi connectivity index (χ0n) is 29.8. The van der Waals surface area contributed by atoms with Crippen molar-refractivity contribution < 1.29 is 0 Å². The highest BCUT2D eigenvalue weighted by atomic mass is 14.9. The topological polar surface area (TPSA) is 57.4 Å². The minimum Gasteiger partial charge on any atom is -0.349 e. The van der Waals surface area contributed by atoms with Crippen molar-refractivity contribution in [3.8, 4) is 0 Å². The monoisotopic (exact) mass is 613 g/mol. The fourth-order valence-electron chi connectivity index (χ4n) is 6.20. The molecule has 0 fully saturated rings. The first-order valence-electron chi connectivity index (χ1n) is 19.8. The fourth-order valence-corrected chi connectivity index (χ4v) is 6.20. The van der Waals surface area contributed by atoms with Crippen LogP contribution in [0.3, 0.4) is 0 Å². The maximum Gasteiger partial charge on any atom is 0.105 e. The van der Waals surface area contributed by atoms with Crippen LogP contribution < -0.4 is 0 Å². The number of aromatic nitrogens is 4. The Bertz CT molecular complexity index is 675. The lowest BCUT2D eigenvalue weighted by atomic mass is 10.0. The van der Waals surface area contributed by atoms with Gasteiger partial charge in [-0.25, -0.2) is 9.97 Å². The lowest BCUT2D eigenvalue weighted by Crippen LogP contribution is -1.88. The lowest BCUT2D eigenvalue weighted by molar-refractivity contribution is 0.531. The van der Waals surface area contributed by atoms with Crippen molar-refractivity contribution >= 4 is 0 Å². The van der Waals surface area contributed by atoms with Gasteiger partial charge in [0.2, 0.25) is 0 Å². The van der Waals surface area contributed by atoms with E-state index in [-0.39, 0.29) is 0 Å². The van der Waals surface area contributed by atoms with Crippen molar-refractivity contribution in [2.45, 2.75) is 219 Å². The smallest absolute Gasteiger partial charge is 0.105 e. The van der Waals surface area contributed by atoms with Gasteiger partial charge in [-0.3, -0.25) is 0 Å². The maximum absolute atomic E-state index is 4.26. The van der Waals surface area contributed by atoms with Crippen LogP contribution in [0.15, 0.2) is 24.8 Å². The molecule has 2 N–H and O–H groups in total. The Morgan fingerprint density at radius 1 is 0.341 bits per heavy atom. The second-order valence-corrected chi connectivity index (χ2v) is 13.5. The molecule has 4 heteroatoms. The molecule has 2 aromatic rings. The van der Waals surface area contributed by atoms with Gasteiger partial charge < -0.3 is 9.97 Å². The summed E-state index contributed by atoms with van der Waals surface area (Å²) in [6.07, 6.45) is 52.6. The average Bonchev–Trinajstić information content (AvgIpc) is 3.76. The summed E-state index contributed by atoms with van der Waals surface area (Å²) < 4.78 is 0. The van der Waals surface area contributed by atoms with Crippen LogP contribution in [0.4, 0.5) is 0 Å². The molecule has 0 aliphatic carbocycles. The summed E-state index contributed by atoms with van der Waals surface area (Å²) in [4.78, 5) is 14.9. The molecule has 2 aromatic heterocycles. The standard InChI is InChI=1S/2C20H38N2/c2*1-2-3-4-5-6-7-8-9-10-11-12-13-14-15-16-17-20-21-18-19-22-20/h2*18-19H,2-17H2,1H3,(H,21,22). The highest BCUT2D eigenvalue weighted by Gasteiger charge is 1.98. The normalized spacial score (nSPS) is 11.1. The van der Waals surface area contributed by atoms with E-state index in [0.717, 1.165) is 24.5 Å². The Hall–Kier alpha value is -1.58. The molecule has 256 valence electrons. The zero-order valence-corrected chi connectivity index (χ0v) is 29.8. The van der Waals surface area contributed by atoms with Crippen molar-refractivity contribution in [3.63, 3.8) is 0 Å². The Morgan fingerprint density at radius 2 is 0.568 bits per heavy atom. The predicted molar refractivity (Wildman–Crippen MR) is 194 cm³/mol. The van der Waals surface area contributed by atoms with E-state index in [1.165, 1.54) is 193 Å². The van der Waals surface area contributed by atoms with Crippen LogP contribution in [0, 0.1) is 0 Å². The van der Waals surface area contributed by atoms with Crippen LogP contribution in [0.5, 0.6) is 0 Å². The number of nitrogens with one attached hydrogen (secondary N) is 2. The third-order valence-corrected chi connectivity index (χ3v) is 9.14. The summed E-state index contributed by atoms with van der Waals surface area (Å²) in [5, 5.41) is 0. The first kappa shape index (κ1) is 40.4. The van der Waals surface area contributed by atoms with E-state index in [2.05, 4.69) is 33.8 Å². The number of H-pyrrole nitrogens is 2. The van der Waals surface area contributed by atoms with Gasteiger partial charge in [0.25, 0.3) is 0 Å². The lowest BCUT2D eigenvalue weighted by Gasteiger charge is -2.03. The van der Waals surface area contributed by atoms with Crippen LogP contribution >= 0.6 is 0 Å². The van der Waals surface area contributed by atoms with Gasteiger partial charge in [0, 0.05) is 37.6 Å². The highest BCUT2D eigenvalue weighted by molar-refractivity contribution is 4.87. The van der Waals surface area contributed by atoms with Gasteiger partial charge >= 0.3 is 0 Å². The number of hydrogen-bond acceptors (Lipinski definition) is 2. The van der Waals surface area contributed by atoms with Crippen molar-refractivity contribution in [1.29, 1.82) is 0 Å². The first-order chi connectivity index (χ1) is 21.9. The summed E-state index contributed by atoms with van der Waals surface area (Å²) in [7, 11) is 0. The number of rotatable bonds is 32. The summed E-state index contributed by atoms with van der Waals surface area (Å²) in [5.74, 6) is 2.30. The molecule has 0 bridgehead atoms. The molecule has 2 heterocycles. The molecular weight excluding hydrogens is 536 g/mol. The van der Waals surface area contributed by atoms with Gasteiger partial charge in [-0.15, -0.1) is 0 Å².